The summed E-state index contributed by atoms with van der Waals surface area (Å²) in [6.45, 7) is 5.77. The Kier molecular flexibility index (Phi) is 7.89. The van der Waals surface area contributed by atoms with Crippen LogP contribution in [0.4, 0.5) is 4.39 Å². The lowest BCUT2D eigenvalue weighted by Gasteiger charge is -2.21. The van der Waals surface area contributed by atoms with Crippen LogP contribution >= 0.6 is 11.6 Å². The Bertz CT molecular complexity index is 657. The van der Waals surface area contributed by atoms with Crippen LogP contribution in [0, 0.1) is 18.7 Å². The van der Waals surface area contributed by atoms with Gasteiger partial charge in [0.15, 0.2) is 0 Å². The maximum Gasteiger partial charge on any atom is 0.124 e. The van der Waals surface area contributed by atoms with E-state index in [0.29, 0.717) is 23.5 Å². The number of hydrogen-bond acceptors (Lipinski definition) is 2. The molecule has 2 unspecified atom stereocenters. The molecule has 0 aliphatic rings. The highest BCUT2D eigenvalue weighted by Crippen LogP contribution is 2.21. The zero-order valence-corrected chi connectivity index (χ0v) is 15.8. The van der Waals surface area contributed by atoms with Gasteiger partial charge in [0, 0.05) is 24.2 Å². The molecule has 2 aromatic carbocycles. The van der Waals surface area contributed by atoms with Crippen LogP contribution in [0.3, 0.4) is 0 Å². The van der Waals surface area contributed by atoms with E-state index >= 15 is 0 Å². The minimum absolute atomic E-state index is 0.287. The van der Waals surface area contributed by atoms with Crippen molar-refractivity contribution in [3.63, 3.8) is 0 Å². The minimum atomic E-state index is -0.287. The number of nitrogens with one attached hydrogen (secondary N) is 1. The quantitative estimate of drug-likeness (QED) is 0.668. The lowest BCUT2D eigenvalue weighted by Crippen LogP contribution is -2.37. The molecule has 0 aliphatic heterocycles. The molecule has 0 aliphatic carbocycles. The van der Waals surface area contributed by atoms with Gasteiger partial charge in [-0.3, -0.25) is 0 Å². The van der Waals surface area contributed by atoms with Crippen LogP contribution in [0.1, 0.15) is 36.5 Å². The van der Waals surface area contributed by atoms with Crippen LogP contribution in [-0.2, 0) is 13.0 Å². The molecule has 25 heavy (non-hydrogen) atoms. The van der Waals surface area contributed by atoms with Gasteiger partial charge in [0.2, 0.25) is 0 Å². The van der Waals surface area contributed by atoms with Gasteiger partial charge < -0.3 is 11.1 Å². The molecule has 0 saturated heterocycles. The largest absolute Gasteiger partial charge is 0.329 e. The van der Waals surface area contributed by atoms with Crippen LogP contribution < -0.4 is 11.1 Å². The molecule has 0 spiro atoms. The number of halogens is 2. The van der Waals surface area contributed by atoms with Gasteiger partial charge in [-0.15, -0.1) is 0 Å². The summed E-state index contributed by atoms with van der Waals surface area (Å²) in [6, 6.07) is 13.5. The molecule has 0 fully saturated rings. The highest BCUT2D eigenvalue weighted by molar-refractivity contribution is 6.31. The van der Waals surface area contributed by atoms with Gasteiger partial charge in [-0.05, 0) is 55.4 Å². The third kappa shape index (κ3) is 6.77. The molecule has 0 radical (unpaired) electrons. The van der Waals surface area contributed by atoms with Gasteiger partial charge in [0.1, 0.15) is 5.82 Å². The molecule has 2 aromatic rings. The average molecular weight is 363 g/mol. The second-order valence-corrected chi connectivity index (χ2v) is 7.32. The number of hydrogen-bond donors (Lipinski definition) is 2. The molecule has 2 atom stereocenters. The average Bonchev–Trinajstić information content (AvgIpc) is 2.59. The maximum absolute atomic E-state index is 13.1. The molecular formula is C21H28ClFN2. The van der Waals surface area contributed by atoms with Crippen molar-refractivity contribution < 1.29 is 4.39 Å². The minimum Gasteiger partial charge on any atom is -0.329 e. The van der Waals surface area contributed by atoms with E-state index < -0.39 is 0 Å². The van der Waals surface area contributed by atoms with Crippen molar-refractivity contribution in [1.29, 1.82) is 0 Å². The molecule has 2 nitrogen and oxygen atoms in total. The summed E-state index contributed by atoms with van der Waals surface area (Å²) >= 11 is 6.10. The highest BCUT2D eigenvalue weighted by Gasteiger charge is 2.13. The van der Waals surface area contributed by atoms with Crippen molar-refractivity contribution in [1.82, 2.24) is 5.32 Å². The fourth-order valence-corrected chi connectivity index (χ4v) is 3.22. The number of benzene rings is 2. The Morgan fingerprint density at radius 3 is 2.52 bits per heavy atom. The van der Waals surface area contributed by atoms with Crippen LogP contribution in [-0.4, -0.2) is 12.6 Å². The fourth-order valence-electron chi connectivity index (χ4n) is 2.96. The summed E-state index contributed by atoms with van der Waals surface area (Å²) in [7, 11) is 0. The number of aryl methyl sites for hydroxylation is 2. The molecule has 0 heterocycles. The maximum atomic E-state index is 13.1. The van der Waals surface area contributed by atoms with E-state index in [1.807, 2.05) is 0 Å². The SMILES string of the molecule is Cc1ccc(CNC(CN)CC(C)CCc2ccc(F)cc2Cl)cc1. The van der Waals surface area contributed by atoms with Gasteiger partial charge in [0.05, 0.1) is 0 Å². The first-order valence-electron chi connectivity index (χ1n) is 8.91. The lowest BCUT2D eigenvalue weighted by molar-refractivity contribution is 0.388. The molecule has 4 heteroatoms. The van der Waals surface area contributed by atoms with E-state index in [0.717, 1.165) is 31.4 Å². The fraction of sp³-hybridized carbons (Fsp3) is 0.429. The third-order valence-corrected chi connectivity index (χ3v) is 4.96. The normalized spacial score (nSPS) is 13.6. The van der Waals surface area contributed by atoms with Crippen molar-refractivity contribution in [3.8, 4) is 0 Å². The van der Waals surface area contributed by atoms with Crippen molar-refractivity contribution in [2.45, 2.75) is 45.7 Å². The van der Waals surface area contributed by atoms with E-state index in [-0.39, 0.29) is 5.82 Å². The van der Waals surface area contributed by atoms with Gasteiger partial charge in [0.25, 0.3) is 0 Å². The van der Waals surface area contributed by atoms with Gasteiger partial charge in [-0.25, -0.2) is 4.39 Å². The molecule has 0 bridgehead atoms. The van der Waals surface area contributed by atoms with E-state index in [2.05, 4.69) is 43.4 Å². The number of rotatable bonds is 9. The molecule has 0 saturated carbocycles. The molecule has 3 N–H and O–H groups in total. The second kappa shape index (κ2) is 9.91. The van der Waals surface area contributed by atoms with Gasteiger partial charge >= 0.3 is 0 Å². The second-order valence-electron chi connectivity index (χ2n) is 6.91. The predicted octanol–water partition coefficient (Wildman–Crippen LogP) is 4.86. The first kappa shape index (κ1) is 19.9. The van der Waals surface area contributed by atoms with E-state index in [4.69, 9.17) is 17.3 Å². The summed E-state index contributed by atoms with van der Waals surface area (Å²) in [5.74, 6) is 0.227. The summed E-state index contributed by atoms with van der Waals surface area (Å²) in [5, 5.41) is 4.07. The lowest BCUT2D eigenvalue weighted by atomic mass is 9.94. The predicted molar refractivity (Wildman–Crippen MR) is 104 cm³/mol. The summed E-state index contributed by atoms with van der Waals surface area (Å²) in [4.78, 5) is 0. The Morgan fingerprint density at radius 2 is 1.88 bits per heavy atom. The number of nitrogens with two attached hydrogens (primary N) is 1. The summed E-state index contributed by atoms with van der Waals surface area (Å²) < 4.78 is 13.1. The first-order valence-corrected chi connectivity index (χ1v) is 9.28. The van der Waals surface area contributed by atoms with E-state index in [1.165, 1.54) is 23.3 Å². The van der Waals surface area contributed by atoms with Crippen LogP contribution in [0.15, 0.2) is 42.5 Å². The third-order valence-electron chi connectivity index (χ3n) is 4.61. The van der Waals surface area contributed by atoms with Crippen molar-refractivity contribution in [2.24, 2.45) is 11.7 Å². The molecule has 0 amide bonds. The Labute approximate surface area is 155 Å². The Balaban J connectivity index is 1.78. The van der Waals surface area contributed by atoms with Gasteiger partial charge in [-0.1, -0.05) is 54.4 Å². The molecular weight excluding hydrogens is 335 g/mol. The molecule has 2 rings (SSSR count). The van der Waals surface area contributed by atoms with Crippen LogP contribution in [0.25, 0.3) is 0 Å². The van der Waals surface area contributed by atoms with Crippen LogP contribution in [0.5, 0.6) is 0 Å². The van der Waals surface area contributed by atoms with E-state index in [1.54, 1.807) is 6.07 Å². The van der Waals surface area contributed by atoms with Gasteiger partial charge in [-0.2, -0.15) is 0 Å². The van der Waals surface area contributed by atoms with Crippen molar-refractivity contribution >= 4 is 11.6 Å². The monoisotopic (exact) mass is 362 g/mol. The zero-order valence-electron chi connectivity index (χ0n) is 15.1. The first-order chi connectivity index (χ1) is 12.0. The molecule has 0 aromatic heterocycles. The zero-order chi connectivity index (χ0) is 18.2. The van der Waals surface area contributed by atoms with Crippen LogP contribution in [0.2, 0.25) is 5.02 Å². The Morgan fingerprint density at radius 1 is 1.16 bits per heavy atom. The molecule has 136 valence electrons. The Hall–Kier alpha value is -1.42. The standard InChI is InChI=1S/C21H28ClFN2/c1-15-3-6-17(7-4-15)14-25-20(13-24)11-16(2)5-8-18-9-10-19(23)12-21(18)22/h3-4,6-7,9-10,12,16,20,25H,5,8,11,13-14,24H2,1-2H3. The van der Waals surface area contributed by atoms with Crippen molar-refractivity contribution in [3.05, 3.63) is 70.0 Å². The summed E-state index contributed by atoms with van der Waals surface area (Å²) in [6.07, 6.45) is 2.88. The topological polar surface area (TPSA) is 38.0 Å². The highest BCUT2D eigenvalue weighted by atomic mass is 35.5. The van der Waals surface area contributed by atoms with Crippen molar-refractivity contribution in [2.75, 3.05) is 6.54 Å². The van der Waals surface area contributed by atoms with E-state index in [9.17, 15) is 4.39 Å². The smallest absolute Gasteiger partial charge is 0.124 e. The summed E-state index contributed by atoms with van der Waals surface area (Å²) in [5.41, 5.74) is 9.48.